The van der Waals surface area contributed by atoms with E-state index < -0.39 is 17.8 Å². The first-order valence-corrected chi connectivity index (χ1v) is 10.7. The van der Waals surface area contributed by atoms with Crippen molar-refractivity contribution in [2.45, 2.75) is 32.6 Å². The number of amidine groups is 1. The van der Waals surface area contributed by atoms with E-state index in [1.807, 2.05) is 78.6 Å². The molecule has 0 unspecified atom stereocenters. The Labute approximate surface area is 187 Å². The molecule has 1 aromatic heterocycles. The molecule has 2 atom stereocenters. The molecular weight excluding hydrogens is 404 g/mol. The number of aromatic nitrogens is 2. The number of rotatable bonds is 11. The van der Waals surface area contributed by atoms with Crippen molar-refractivity contribution < 1.29 is 9.90 Å². The molecule has 32 heavy (non-hydrogen) atoms. The number of hydrazone groups is 1. The molecule has 0 bridgehead atoms. The molecule has 2 aromatic carbocycles. The lowest BCUT2D eigenvalue weighted by atomic mass is 9.82. The van der Waals surface area contributed by atoms with Gasteiger partial charge in [-0.3, -0.25) is 4.79 Å². The lowest BCUT2D eigenvalue weighted by Crippen LogP contribution is -2.38. The number of aliphatic carboxylic acids is 1. The second-order valence-electron chi connectivity index (χ2n) is 7.77. The monoisotopic (exact) mass is 434 g/mol. The van der Waals surface area contributed by atoms with E-state index >= 15 is 0 Å². The zero-order valence-electron chi connectivity index (χ0n) is 18.2. The van der Waals surface area contributed by atoms with Crippen LogP contribution in [0.15, 0.2) is 72.1 Å². The largest absolute Gasteiger partial charge is 0.481 e. The molecule has 3 rings (SSSR count). The molecule has 8 heteroatoms. The van der Waals surface area contributed by atoms with Crippen LogP contribution < -0.4 is 17.1 Å². The average molecular weight is 435 g/mol. The van der Waals surface area contributed by atoms with Crippen LogP contribution in [-0.2, 0) is 11.2 Å². The standard InChI is InChI=1S/C24H30N6O2/c1-2-3-9-21(24(31)32)22(23(25)28-29-26)14-17-10-12-18(13-11-17)19-15-27-30(16-19)20-7-5-4-6-8-20/h4-8,10-13,15-16,21-22,29H,2-3,9,14,26H2,1H3,(H2,25,28)(H,31,32)/t21-,22-/m1/s1. The highest BCUT2D eigenvalue weighted by Crippen LogP contribution is 2.26. The van der Waals surface area contributed by atoms with Gasteiger partial charge in [0.25, 0.3) is 0 Å². The van der Waals surface area contributed by atoms with Crippen molar-refractivity contribution in [2.24, 2.45) is 28.5 Å². The summed E-state index contributed by atoms with van der Waals surface area (Å²) >= 11 is 0. The van der Waals surface area contributed by atoms with Crippen molar-refractivity contribution in [1.82, 2.24) is 15.3 Å². The van der Waals surface area contributed by atoms with Crippen LogP contribution >= 0.6 is 0 Å². The van der Waals surface area contributed by atoms with Gasteiger partial charge in [-0.1, -0.05) is 62.2 Å². The maximum absolute atomic E-state index is 11.9. The van der Waals surface area contributed by atoms with Crippen molar-refractivity contribution in [3.8, 4) is 16.8 Å². The summed E-state index contributed by atoms with van der Waals surface area (Å²) in [6.45, 7) is 2.03. The second-order valence-corrected chi connectivity index (χ2v) is 7.77. The van der Waals surface area contributed by atoms with Gasteiger partial charge in [-0.15, -0.1) is 0 Å². The Hall–Kier alpha value is -3.65. The molecule has 0 aliphatic rings. The lowest BCUT2D eigenvalue weighted by Gasteiger charge is -2.23. The van der Waals surface area contributed by atoms with Gasteiger partial charge in [0.05, 0.1) is 17.8 Å². The maximum Gasteiger partial charge on any atom is 0.307 e. The molecule has 0 saturated carbocycles. The van der Waals surface area contributed by atoms with Gasteiger partial charge in [-0.05, 0) is 36.1 Å². The van der Waals surface area contributed by atoms with E-state index in [1.54, 1.807) is 0 Å². The highest BCUT2D eigenvalue weighted by Gasteiger charge is 2.31. The number of nitrogens with two attached hydrogens (primary N) is 2. The van der Waals surface area contributed by atoms with Gasteiger partial charge in [0.15, 0.2) is 0 Å². The van der Waals surface area contributed by atoms with Crippen LogP contribution in [0, 0.1) is 11.8 Å². The Morgan fingerprint density at radius 3 is 2.47 bits per heavy atom. The predicted molar refractivity (Wildman–Crippen MR) is 126 cm³/mol. The zero-order valence-corrected chi connectivity index (χ0v) is 18.2. The molecule has 0 aliphatic carbocycles. The molecule has 0 spiro atoms. The van der Waals surface area contributed by atoms with Gasteiger partial charge >= 0.3 is 5.97 Å². The number of carboxylic acids is 1. The summed E-state index contributed by atoms with van der Waals surface area (Å²) in [6, 6.07) is 17.9. The van der Waals surface area contributed by atoms with Crippen molar-refractivity contribution >= 4 is 11.8 Å². The molecule has 0 fully saturated rings. The maximum atomic E-state index is 11.9. The Morgan fingerprint density at radius 1 is 1.12 bits per heavy atom. The molecule has 168 valence electrons. The Kier molecular flexibility index (Phi) is 7.99. The van der Waals surface area contributed by atoms with Crippen LogP contribution in [0.4, 0.5) is 0 Å². The number of nitrogens with zero attached hydrogens (tertiary/aromatic N) is 3. The molecule has 1 heterocycles. The molecule has 6 N–H and O–H groups in total. The van der Waals surface area contributed by atoms with Crippen molar-refractivity contribution in [3.05, 3.63) is 72.6 Å². The van der Waals surface area contributed by atoms with E-state index in [-0.39, 0.29) is 5.84 Å². The molecule has 0 amide bonds. The van der Waals surface area contributed by atoms with E-state index in [0.717, 1.165) is 35.2 Å². The van der Waals surface area contributed by atoms with E-state index in [9.17, 15) is 9.90 Å². The van der Waals surface area contributed by atoms with Crippen molar-refractivity contribution in [2.75, 3.05) is 0 Å². The minimum absolute atomic E-state index is 0.198. The Morgan fingerprint density at radius 2 is 1.84 bits per heavy atom. The highest BCUT2D eigenvalue weighted by molar-refractivity contribution is 5.87. The SMILES string of the molecule is CCCC[C@@H](C(=O)O)[C@@H](Cc1ccc(-c2cnn(-c3ccccc3)c2)cc1)/C(N)=N/NN. The fourth-order valence-corrected chi connectivity index (χ4v) is 3.81. The number of nitrogens with one attached hydrogen (secondary N) is 1. The van der Waals surface area contributed by atoms with Gasteiger partial charge in [-0.25, -0.2) is 16.1 Å². The van der Waals surface area contributed by atoms with Gasteiger partial charge in [0.2, 0.25) is 0 Å². The normalized spacial score (nSPS) is 13.5. The van der Waals surface area contributed by atoms with Crippen LogP contribution in [0.2, 0.25) is 0 Å². The summed E-state index contributed by atoms with van der Waals surface area (Å²) < 4.78 is 1.83. The van der Waals surface area contributed by atoms with Crippen LogP contribution in [0.5, 0.6) is 0 Å². The summed E-state index contributed by atoms with van der Waals surface area (Å²) in [5.74, 6) is 3.53. The molecule has 8 nitrogen and oxygen atoms in total. The fraction of sp³-hybridized carbons (Fsp3) is 0.292. The first-order valence-electron chi connectivity index (χ1n) is 10.7. The molecule has 3 aromatic rings. The van der Waals surface area contributed by atoms with E-state index in [2.05, 4.69) is 15.7 Å². The number of carbonyl (C=O) groups is 1. The molecule has 0 saturated heterocycles. The van der Waals surface area contributed by atoms with E-state index in [4.69, 9.17) is 11.6 Å². The van der Waals surface area contributed by atoms with Gasteiger partial charge in [0.1, 0.15) is 5.84 Å². The van der Waals surface area contributed by atoms with Crippen LogP contribution in [0.3, 0.4) is 0 Å². The van der Waals surface area contributed by atoms with Gasteiger partial charge in [0, 0.05) is 17.7 Å². The lowest BCUT2D eigenvalue weighted by molar-refractivity contribution is -0.143. The number of unbranched alkanes of at least 4 members (excludes halogenated alkanes) is 1. The third-order valence-corrected chi connectivity index (χ3v) is 5.59. The smallest absolute Gasteiger partial charge is 0.307 e. The fourth-order valence-electron chi connectivity index (χ4n) is 3.81. The van der Waals surface area contributed by atoms with Crippen LogP contribution in [-0.4, -0.2) is 26.7 Å². The number of benzene rings is 2. The summed E-state index contributed by atoms with van der Waals surface area (Å²) in [6.07, 6.45) is 6.52. The average Bonchev–Trinajstić information content (AvgIpc) is 3.30. The number of para-hydroxylation sites is 1. The number of hydrogen-bond acceptors (Lipinski definition) is 5. The number of carboxylic acid groups (broad SMARTS) is 1. The van der Waals surface area contributed by atoms with Crippen LogP contribution in [0.25, 0.3) is 16.8 Å². The molecule has 0 radical (unpaired) electrons. The predicted octanol–water partition coefficient (Wildman–Crippen LogP) is 3.32. The summed E-state index contributed by atoms with van der Waals surface area (Å²) in [5, 5.41) is 18.1. The third kappa shape index (κ3) is 5.73. The topological polar surface area (TPSA) is 132 Å². The summed E-state index contributed by atoms with van der Waals surface area (Å²) in [4.78, 5) is 11.9. The second kappa shape index (κ2) is 11.1. The van der Waals surface area contributed by atoms with Gasteiger partial charge < -0.3 is 10.8 Å². The molecular formula is C24H30N6O2. The molecule has 0 aliphatic heterocycles. The highest BCUT2D eigenvalue weighted by atomic mass is 16.4. The number of hydrogen-bond donors (Lipinski definition) is 4. The van der Waals surface area contributed by atoms with E-state index in [1.165, 1.54) is 0 Å². The van der Waals surface area contributed by atoms with Gasteiger partial charge in [-0.2, -0.15) is 10.2 Å². The minimum atomic E-state index is -0.872. The number of hydrazine groups is 1. The quantitative estimate of drug-likeness (QED) is 0.158. The Balaban J connectivity index is 1.79. The summed E-state index contributed by atoms with van der Waals surface area (Å²) in [5.41, 5.74) is 12.3. The van der Waals surface area contributed by atoms with E-state index in [0.29, 0.717) is 12.8 Å². The first-order chi connectivity index (χ1) is 15.5. The first kappa shape index (κ1) is 23.0. The minimum Gasteiger partial charge on any atom is -0.481 e. The third-order valence-electron chi connectivity index (χ3n) is 5.59. The Bertz CT molecular complexity index is 1030. The zero-order chi connectivity index (χ0) is 22.9. The summed E-state index contributed by atoms with van der Waals surface area (Å²) in [7, 11) is 0. The van der Waals surface area contributed by atoms with Crippen molar-refractivity contribution in [3.63, 3.8) is 0 Å². The van der Waals surface area contributed by atoms with Crippen LogP contribution in [0.1, 0.15) is 31.7 Å². The van der Waals surface area contributed by atoms with Crippen molar-refractivity contribution in [1.29, 1.82) is 0 Å².